The SMILES string of the molecule is CC(C)OC(=O)C(I)OC(=O)N(C(=O)c1ccc(Cl)cc1)N(C(=O)c1ccccc1)C(C)(C)C. The summed E-state index contributed by atoms with van der Waals surface area (Å²) in [5, 5.41) is 2.01. The molecule has 1 atom stereocenters. The molecule has 0 aliphatic heterocycles. The zero-order chi connectivity index (χ0) is 25.6. The monoisotopic (exact) mass is 600 g/mol. The molecule has 10 heteroatoms. The topological polar surface area (TPSA) is 93.2 Å². The second-order valence-corrected chi connectivity index (χ2v) is 10.0. The van der Waals surface area contributed by atoms with Crippen LogP contribution in [0.4, 0.5) is 4.79 Å². The van der Waals surface area contributed by atoms with Crippen molar-refractivity contribution in [1.82, 2.24) is 10.0 Å². The van der Waals surface area contributed by atoms with E-state index in [1.54, 1.807) is 87.5 Å². The van der Waals surface area contributed by atoms with Crippen LogP contribution in [0.5, 0.6) is 0 Å². The van der Waals surface area contributed by atoms with Crippen LogP contribution in [0, 0.1) is 0 Å². The van der Waals surface area contributed by atoms with Crippen molar-refractivity contribution in [1.29, 1.82) is 0 Å². The van der Waals surface area contributed by atoms with E-state index < -0.39 is 39.6 Å². The number of hydrogen-bond acceptors (Lipinski definition) is 6. The average molecular weight is 601 g/mol. The molecule has 0 bridgehead atoms. The number of carbonyl (C=O) groups excluding carboxylic acids is 4. The van der Waals surface area contributed by atoms with E-state index in [4.69, 9.17) is 21.1 Å². The van der Waals surface area contributed by atoms with E-state index in [1.807, 2.05) is 0 Å². The first-order valence-electron chi connectivity index (χ1n) is 10.4. The molecule has 0 spiro atoms. The molecular weight excluding hydrogens is 575 g/mol. The summed E-state index contributed by atoms with van der Waals surface area (Å²) in [6, 6.07) is 14.0. The highest BCUT2D eigenvalue weighted by molar-refractivity contribution is 14.1. The van der Waals surface area contributed by atoms with E-state index >= 15 is 0 Å². The molecular formula is C24H26ClIN2O6. The number of alkyl halides is 1. The fourth-order valence-corrected chi connectivity index (χ4v) is 3.33. The minimum absolute atomic E-state index is 0.0891. The number of halogens is 2. The Morgan fingerprint density at radius 3 is 1.88 bits per heavy atom. The third-order valence-electron chi connectivity index (χ3n) is 4.25. The molecule has 0 saturated carbocycles. The predicted molar refractivity (Wildman–Crippen MR) is 136 cm³/mol. The third kappa shape index (κ3) is 7.17. The molecule has 0 fully saturated rings. The van der Waals surface area contributed by atoms with Crippen LogP contribution in [0.15, 0.2) is 54.6 Å². The van der Waals surface area contributed by atoms with Crippen LogP contribution in [0.2, 0.25) is 5.02 Å². The summed E-state index contributed by atoms with van der Waals surface area (Å²) in [4.78, 5) is 52.5. The normalized spacial score (nSPS) is 12.0. The maximum absolute atomic E-state index is 13.5. The van der Waals surface area contributed by atoms with Gasteiger partial charge in [0, 0.05) is 16.1 Å². The van der Waals surface area contributed by atoms with Crippen molar-refractivity contribution in [3.8, 4) is 0 Å². The molecule has 0 heterocycles. The highest BCUT2D eigenvalue weighted by atomic mass is 127. The Labute approximate surface area is 217 Å². The van der Waals surface area contributed by atoms with Crippen molar-refractivity contribution in [2.24, 2.45) is 0 Å². The number of imide groups is 1. The molecule has 2 rings (SSSR count). The second kappa shape index (κ2) is 11.7. The minimum Gasteiger partial charge on any atom is -0.460 e. The first-order valence-corrected chi connectivity index (χ1v) is 12.0. The molecule has 0 radical (unpaired) electrons. The van der Waals surface area contributed by atoms with Crippen molar-refractivity contribution in [3.05, 3.63) is 70.7 Å². The number of nitrogens with zero attached hydrogens (tertiary/aromatic N) is 2. The predicted octanol–water partition coefficient (Wildman–Crippen LogP) is 5.49. The standard InChI is InChI=1S/C24H26ClIN2O6/c1-15(2)33-22(31)19(26)34-23(32)27(20(29)17-11-13-18(25)14-12-17)28(24(3,4)5)21(30)16-9-7-6-8-10-16/h6-15,19H,1-5H3. The largest absolute Gasteiger partial charge is 0.460 e. The fourth-order valence-electron chi connectivity index (χ4n) is 2.84. The van der Waals surface area contributed by atoms with E-state index in [-0.39, 0.29) is 11.1 Å². The molecule has 2 aromatic carbocycles. The Balaban J connectivity index is 2.53. The highest BCUT2D eigenvalue weighted by Gasteiger charge is 2.42. The Bertz CT molecular complexity index is 1040. The third-order valence-corrected chi connectivity index (χ3v) is 5.26. The Kier molecular flexibility index (Phi) is 9.45. The number of carbonyl (C=O) groups is 4. The van der Waals surface area contributed by atoms with E-state index in [1.165, 1.54) is 24.3 Å². The lowest BCUT2D eigenvalue weighted by atomic mass is 10.1. The number of rotatable bonds is 5. The van der Waals surface area contributed by atoms with Crippen LogP contribution >= 0.6 is 34.2 Å². The fraction of sp³-hybridized carbons (Fsp3) is 0.333. The van der Waals surface area contributed by atoms with Crippen LogP contribution in [-0.4, -0.2) is 49.6 Å². The van der Waals surface area contributed by atoms with Gasteiger partial charge in [0.05, 0.1) is 11.6 Å². The zero-order valence-electron chi connectivity index (χ0n) is 19.5. The van der Waals surface area contributed by atoms with Crippen LogP contribution in [0.25, 0.3) is 0 Å². The molecule has 182 valence electrons. The summed E-state index contributed by atoms with van der Waals surface area (Å²) in [6.45, 7) is 8.30. The van der Waals surface area contributed by atoms with Gasteiger partial charge in [-0.25, -0.2) is 14.6 Å². The lowest BCUT2D eigenvalue weighted by Gasteiger charge is -2.41. The maximum atomic E-state index is 13.5. The van der Waals surface area contributed by atoms with Gasteiger partial charge < -0.3 is 9.47 Å². The van der Waals surface area contributed by atoms with Crippen LogP contribution < -0.4 is 0 Å². The van der Waals surface area contributed by atoms with Crippen LogP contribution in [0.1, 0.15) is 55.3 Å². The molecule has 1 unspecified atom stereocenters. The van der Waals surface area contributed by atoms with Crippen molar-refractivity contribution >= 4 is 58.1 Å². The van der Waals surface area contributed by atoms with Gasteiger partial charge in [-0.3, -0.25) is 9.59 Å². The average Bonchev–Trinajstić information content (AvgIpc) is 2.76. The highest BCUT2D eigenvalue weighted by Crippen LogP contribution is 2.25. The minimum atomic E-state index is -1.35. The molecule has 2 aromatic rings. The molecule has 0 aliphatic carbocycles. The molecule has 3 amide bonds. The van der Waals surface area contributed by atoms with Crippen molar-refractivity contribution in [3.63, 3.8) is 0 Å². The van der Waals surface area contributed by atoms with Gasteiger partial charge in [0.2, 0.25) is 4.11 Å². The van der Waals surface area contributed by atoms with Gasteiger partial charge in [0.15, 0.2) is 0 Å². The number of hydrogen-bond donors (Lipinski definition) is 0. The van der Waals surface area contributed by atoms with E-state index in [9.17, 15) is 19.2 Å². The lowest BCUT2D eigenvalue weighted by molar-refractivity contribution is -0.152. The smallest absolute Gasteiger partial charge is 0.438 e. The van der Waals surface area contributed by atoms with Crippen LogP contribution in [0.3, 0.4) is 0 Å². The van der Waals surface area contributed by atoms with Gasteiger partial charge in [-0.15, -0.1) is 5.01 Å². The molecule has 0 aliphatic rings. The van der Waals surface area contributed by atoms with Crippen molar-refractivity contribution in [2.75, 3.05) is 0 Å². The number of esters is 1. The lowest BCUT2D eigenvalue weighted by Crippen LogP contribution is -2.60. The summed E-state index contributed by atoms with van der Waals surface area (Å²) < 4.78 is 8.99. The van der Waals surface area contributed by atoms with E-state index in [2.05, 4.69) is 0 Å². The maximum Gasteiger partial charge on any atom is 0.438 e. The second-order valence-electron chi connectivity index (χ2n) is 8.46. The quantitative estimate of drug-likeness (QED) is 0.195. The molecule has 34 heavy (non-hydrogen) atoms. The number of hydrazine groups is 1. The summed E-state index contributed by atoms with van der Waals surface area (Å²) in [7, 11) is 0. The first kappa shape index (κ1) is 27.6. The molecule has 0 aromatic heterocycles. The van der Waals surface area contributed by atoms with E-state index in [0.717, 1.165) is 5.01 Å². The van der Waals surface area contributed by atoms with Gasteiger partial charge in [0.25, 0.3) is 11.8 Å². The van der Waals surface area contributed by atoms with Gasteiger partial charge in [-0.2, -0.15) is 0 Å². The number of amides is 3. The first-order chi connectivity index (χ1) is 15.8. The Hall–Kier alpha value is -2.66. The summed E-state index contributed by atoms with van der Waals surface area (Å²) in [5.74, 6) is -2.23. The zero-order valence-corrected chi connectivity index (χ0v) is 22.4. The Morgan fingerprint density at radius 1 is 0.853 bits per heavy atom. The number of benzene rings is 2. The van der Waals surface area contributed by atoms with Gasteiger partial charge in [-0.1, -0.05) is 29.8 Å². The molecule has 0 saturated heterocycles. The molecule has 8 nitrogen and oxygen atoms in total. The number of ether oxygens (including phenoxy) is 2. The van der Waals surface area contributed by atoms with Gasteiger partial charge >= 0.3 is 12.1 Å². The van der Waals surface area contributed by atoms with E-state index in [0.29, 0.717) is 10.0 Å². The summed E-state index contributed by atoms with van der Waals surface area (Å²) in [5.41, 5.74) is -0.691. The van der Waals surface area contributed by atoms with Gasteiger partial charge in [0.1, 0.15) is 0 Å². The Morgan fingerprint density at radius 2 is 1.38 bits per heavy atom. The van der Waals surface area contributed by atoms with Crippen molar-refractivity contribution < 1.29 is 28.7 Å². The molecule has 0 N–H and O–H groups in total. The summed E-state index contributed by atoms with van der Waals surface area (Å²) >= 11 is 7.52. The van der Waals surface area contributed by atoms with Gasteiger partial charge in [-0.05, 0) is 93.6 Å². The summed E-state index contributed by atoms with van der Waals surface area (Å²) in [6.07, 6.45) is -1.64. The van der Waals surface area contributed by atoms with Crippen LogP contribution in [-0.2, 0) is 14.3 Å². The van der Waals surface area contributed by atoms with Crippen molar-refractivity contribution in [2.45, 2.75) is 50.4 Å².